The van der Waals surface area contributed by atoms with Crippen LogP contribution in [0.3, 0.4) is 0 Å². The lowest BCUT2D eigenvalue weighted by Crippen LogP contribution is -2.48. The molecule has 4 rings (SSSR count). The Kier molecular flexibility index (Phi) is 5.11. The molecule has 3 heterocycles. The van der Waals surface area contributed by atoms with E-state index in [2.05, 4.69) is 10.3 Å². The van der Waals surface area contributed by atoms with Crippen molar-refractivity contribution in [3.8, 4) is 0 Å². The van der Waals surface area contributed by atoms with Crippen molar-refractivity contribution in [1.82, 2.24) is 14.9 Å². The highest BCUT2D eigenvalue weighted by Gasteiger charge is 2.27. The maximum absolute atomic E-state index is 13.6. The second-order valence-corrected chi connectivity index (χ2v) is 7.14. The molecule has 0 radical (unpaired) electrons. The molecule has 7 heteroatoms. The average Bonchev–Trinajstić information content (AvgIpc) is 3.03. The smallest absolute Gasteiger partial charge is 0.255 e. The van der Waals surface area contributed by atoms with Gasteiger partial charge in [0.05, 0.1) is 29.8 Å². The molecule has 1 aliphatic rings. The molecule has 1 aliphatic heterocycles. The highest BCUT2D eigenvalue weighted by atomic mass is 19.1. The van der Waals surface area contributed by atoms with Crippen LogP contribution < -0.4 is 5.32 Å². The normalized spacial score (nSPS) is 19.7. The van der Waals surface area contributed by atoms with E-state index in [-0.39, 0.29) is 24.4 Å². The topological polar surface area (TPSA) is 76.4 Å². The SMILES string of the molecule is Cc1ccnc2c(C(=O)N[C@H]3CCOCC3O)cn(Cc3cccc(F)c3)c12. The summed E-state index contributed by atoms with van der Waals surface area (Å²) in [5, 5.41) is 13.0. The highest BCUT2D eigenvalue weighted by Crippen LogP contribution is 2.24. The van der Waals surface area contributed by atoms with Crippen molar-refractivity contribution < 1.29 is 19.0 Å². The molecular formula is C21H22FN3O3. The summed E-state index contributed by atoms with van der Waals surface area (Å²) < 4.78 is 20.7. The number of pyridine rings is 1. The van der Waals surface area contributed by atoms with E-state index in [1.54, 1.807) is 18.5 Å². The van der Waals surface area contributed by atoms with E-state index >= 15 is 0 Å². The van der Waals surface area contributed by atoms with Gasteiger partial charge in [-0.3, -0.25) is 9.78 Å². The minimum Gasteiger partial charge on any atom is -0.389 e. The van der Waals surface area contributed by atoms with E-state index in [9.17, 15) is 14.3 Å². The fraction of sp³-hybridized carbons (Fsp3) is 0.333. The Bertz CT molecular complexity index is 1020. The molecule has 2 aromatic heterocycles. The summed E-state index contributed by atoms with van der Waals surface area (Å²) in [6, 6.07) is 7.93. The molecule has 2 atom stereocenters. The number of aliphatic hydroxyl groups is 1. The summed E-state index contributed by atoms with van der Waals surface area (Å²) >= 11 is 0. The molecule has 0 bridgehead atoms. The molecule has 0 saturated carbocycles. The van der Waals surface area contributed by atoms with Crippen LogP contribution in [0.4, 0.5) is 4.39 Å². The number of carbonyl (C=O) groups excluding carboxylic acids is 1. The van der Waals surface area contributed by atoms with Crippen molar-refractivity contribution in [3.63, 3.8) is 0 Å². The predicted molar refractivity (Wildman–Crippen MR) is 103 cm³/mol. The van der Waals surface area contributed by atoms with Gasteiger partial charge >= 0.3 is 0 Å². The van der Waals surface area contributed by atoms with Crippen LogP contribution in [0.15, 0.2) is 42.7 Å². The largest absolute Gasteiger partial charge is 0.389 e. The lowest BCUT2D eigenvalue weighted by Gasteiger charge is -2.28. The van der Waals surface area contributed by atoms with E-state index < -0.39 is 6.10 Å². The maximum Gasteiger partial charge on any atom is 0.255 e. The number of aliphatic hydroxyl groups excluding tert-OH is 1. The van der Waals surface area contributed by atoms with Crippen LogP contribution in [-0.4, -0.2) is 45.9 Å². The Morgan fingerprint density at radius 2 is 2.29 bits per heavy atom. The summed E-state index contributed by atoms with van der Waals surface area (Å²) in [6.07, 6.45) is 3.25. The number of rotatable bonds is 4. The van der Waals surface area contributed by atoms with E-state index in [0.29, 0.717) is 30.7 Å². The average molecular weight is 383 g/mol. The number of aryl methyl sites for hydroxylation is 1. The summed E-state index contributed by atoms with van der Waals surface area (Å²) in [6.45, 7) is 3.09. The number of halogens is 1. The predicted octanol–water partition coefficient (Wildman–Crippen LogP) is 2.41. The van der Waals surface area contributed by atoms with Gasteiger partial charge in [0, 0.05) is 25.5 Å². The maximum atomic E-state index is 13.6. The van der Waals surface area contributed by atoms with Crippen LogP contribution in [0.25, 0.3) is 11.0 Å². The van der Waals surface area contributed by atoms with E-state index in [0.717, 1.165) is 16.6 Å². The fourth-order valence-electron chi connectivity index (χ4n) is 3.65. The number of hydrogen-bond acceptors (Lipinski definition) is 4. The second kappa shape index (κ2) is 7.69. The van der Waals surface area contributed by atoms with Crippen molar-refractivity contribution in [3.05, 3.63) is 65.2 Å². The number of fused-ring (bicyclic) bond motifs is 1. The van der Waals surface area contributed by atoms with Crippen LogP contribution in [0.2, 0.25) is 0 Å². The minimum atomic E-state index is -0.729. The molecule has 1 aromatic carbocycles. The molecule has 3 aromatic rings. The van der Waals surface area contributed by atoms with Crippen LogP contribution in [0.5, 0.6) is 0 Å². The Labute approximate surface area is 162 Å². The zero-order valence-electron chi connectivity index (χ0n) is 15.6. The van der Waals surface area contributed by atoms with Crippen LogP contribution in [-0.2, 0) is 11.3 Å². The molecule has 1 fully saturated rings. The number of ether oxygens (including phenoxy) is 1. The summed E-state index contributed by atoms with van der Waals surface area (Å²) in [5.74, 6) is -0.581. The number of aromatic nitrogens is 2. The van der Waals surface area contributed by atoms with Crippen molar-refractivity contribution >= 4 is 16.9 Å². The number of amides is 1. The number of hydrogen-bond donors (Lipinski definition) is 2. The first kappa shape index (κ1) is 18.6. The van der Waals surface area contributed by atoms with Gasteiger partial charge in [0.2, 0.25) is 0 Å². The van der Waals surface area contributed by atoms with Gasteiger partial charge in [0.25, 0.3) is 5.91 Å². The Balaban J connectivity index is 1.69. The van der Waals surface area contributed by atoms with Crippen molar-refractivity contribution in [1.29, 1.82) is 0 Å². The Morgan fingerprint density at radius 3 is 3.07 bits per heavy atom. The standard InChI is InChI=1S/C21H22FN3O3/c1-13-5-7-23-19-16(21(27)24-17-6-8-28-12-18(17)26)11-25(20(13)19)10-14-3-2-4-15(22)9-14/h2-5,7,9,11,17-18,26H,6,8,10,12H2,1H3,(H,24,27)/t17-,18?/m0/s1. The lowest BCUT2D eigenvalue weighted by molar-refractivity contribution is -0.0260. The third kappa shape index (κ3) is 3.63. The first-order valence-electron chi connectivity index (χ1n) is 9.28. The Hall–Kier alpha value is -2.77. The number of benzene rings is 1. The fourth-order valence-corrected chi connectivity index (χ4v) is 3.65. The Morgan fingerprint density at radius 1 is 1.43 bits per heavy atom. The third-order valence-corrected chi connectivity index (χ3v) is 5.08. The first-order valence-corrected chi connectivity index (χ1v) is 9.28. The first-order chi connectivity index (χ1) is 13.5. The molecule has 0 spiro atoms. The summed E-state index contributed by atoms with van der Waals surface area (Å²) in [5.41, 5.74) is 3.65. The molecule has 28 heavy (non-hydrogen) atoms. The zero-order valence-corrected chi connectivity index (χ0v) is 15.6. The van der Waals surface area contributed by atoms with Crippen molar-refractivity contribution in [2.75, 3.05) is 13.2 Å². The molecule has 1 unspecified atom stereocenters. The zero-order chi connectivity index (χ0) is 19.7. The van der Waals surface area contributed by atoms with Gasteiger partial charge in [-0.1, -0.05) is 12.1 Å². The van der Waals surface area contributed by atoms with E-state index in [1.807, 2.05) is 23.6 Å². The van der Waals surface area contributed by atoms with Gasteiger partial charge in [-0.25, -0.2) is 4.39 Å². The van der Waals surface area contributed by atoms with Gasteiger partial charge in [-0.05, 0) is 42.7 Å². The van der Waals surface area contributed by atoms with Gasteiger partial charge in [-0.2, -0.15) is 0 Å². The third-order valence-electron chi connectivity index (χ3n) is 5.08. The quantitative estimate of drug-likeness (QED) is 0.726. The van der Waals surface area contributed by atoms with E-state index in [1.165, 1.54) is 12.1 Å². The molecule has 1 amide bonds. The second-order valence-electron chi connectivity index (χ2n) is 7.14. The van der Waals surface area contributed by atoms with Gasteiger partial charge in [-0.15, -0.1) is 0 Å². The highest BCUT2D eigenvalue weighted by molar-refractivity contribution is 6.06. The van der Waals surface area contributed by atoms with Crippen LogP contribution in [0, 0.1) is 12.7 Å². The van der Waals surface area contributed by atoms with Gasteiger partial charge in [0.1, 0.15) is 11.3 Å². The molecule has 146 valence electrons. The van der Waals surface area contributed by atoms with Crippen molar-refractivity contribution in [2.24, 2.45) is 0 Å². The molecule has 6 nitrogen and oxygen atoms in total. The lowest BCUT2D eigenvalue weighted by atomic mass is 10.1. The van der Waals surface area contributed by atoms with Crippen molar-refractivity contribution in [2.45, 2.75) is 32.0 Å². The van der Waals surface area contributed by atoms with E-state index in [4.69, 9.17) is 4.74 Å². The van der Waals surface area contributed by atoms with Crippen LogP contribution in [0.1, 0.15) is 27.9 Å². The minimum absolute atomic E-state index is 0.212. The summed E-state index contributed by atoms with van der Waals surface area (Å²) in [7, 11) is 0. The summed E-state index contributed by atoms with van der Waals surface area (Å²) in [4.78, 5) is 17.3. The van der Waals surface area contributed by atoms with Gasteiger partial charge < -0.3 is 19.7 Å². The number of carbonyl (C=O) groups is 1. The molecular weight excluding hydrogens is 361 g/mol. The number of nitrogens with one attached hydrogen (secondary N) is 1. The van der Waals surface area contributed by atoms with Crippen LogP contribution >= 0.6 is 0 Å². The van der Waals surface area contributed by atoms with Gasteiger partial charge in [0.15, 0.2) is 0 Å². The monoisotopic (exact) mass is 383 g/mol. The molecule has 0 aliphatic carbocycles. The molecule has 2 N–H and O–H groups in total. The number of nitrogens with zero attached hydrogens (tertiary/aromatic N) is 2. The molecule has 1 saturated heterocycles.